The number of amides is 2. The summed E-state index contributed by atoms with van der Waals surface area (Å²) in [6, 6.07) is 15.4. The molecule has 2 amide bonds. The van der Waals surface area contributed by atoms with E-state index >= 15 is 0 Å². The third kappa shape index (κ3) is 6.00. The molecule has 8 heteroatoms. The van der Waals surface area contributed by atoms with Gasteiger partial charge in [0.2, 0.25) is 5.91 Å². The molecule has 2 aliphatic carbocycles. The van der Waals surface area contributed by atoms with E-state index in [0.29, 0.717) is 6.54 Å². The zero-order valence-corrected chi connectivity index (χ0v) is 19.9. The molecule has 2 aromatic carbocycles. The summed E-state index contributed by atoms with van der Waals surface area (Å²) in [7, 11) is 1.40. The van der Waals surface area contributed by atoms with E-state index in [1.165, 1.54) is 29.4 Å². The van der Waals surface area contributed by atoms with E-state index in [4.69, 9.17) is 14.6 Å². The molecular weight excluding hydrogens is 448 g/mol. The Kier molecular flexibility index (Phi) is 8.02. The lowest BCUT2D eigenvalue weighted by atomic mass is 9.98. The summed E-state index contributed by atoms with van der Waals surface area (Å²) in [5.41, 5.74) is 4.73. The van der Waals surface area contributed by atoms with Crippen molar-refractivity contribution in [2.24, 2.45) is 11.8 Å². The van der Waals surface area contributed by atoms with Gasteiger partial charge in [-0.1, -0.05) is 48.5 Å². The molecule has 0 radical (unpaired) electrons. The number of carbonyl (C=O) groups excluding carboxylic acids is 2. The monoisotopic (exact) mass is 480 g/mol. The summed E-state index contributed by atoms with van der Waals surface area (Å²) in [6.45, 7) is 0.703. The number of methoxy groups -OCH3 is 1. The van der Waals surface area contributed by atoms with Gasteiger partial charge in [0.25, 0.3) is 0 Å². The van der Waals surface area contributed by atoms with Crippen LogP contribution in [0.2, 0.25) is 0 Å². The Labute approximate surface area is 205 Å². The minimum atomic E-state index is -1.11. The summed E-state index contributed by atoms with van der Waals surface area (Å²) >= 11 is 0. The molecule has 1 saturated carbocycles. The van der Waals surface area contributed by atoms with Gasteiger partial charge in [0, 0.05) is 26.0 Å². The largest absolute Gasteiger partial charge is 0.480 e. The molecule has 1 fully saturated rings. The molecule has 3 atom stereocenters. The second-order valence-electron chi connectivity index (χ2n) is 9.37. The number of nitrogens with one attached hydrogen (secondary N) is 2. The topological polar surface area (TPSA) is 114 Å². The molecule has 0 heterocycles. The van der Waals surface area contributed by atoms with E-state index in [0.717, 1.165) is 19.3 Å². The summed E-state index contributed by atoms with van der Waals surface area (Å²) in [5, 5.41) is 14.5. The van der Waals surface area contributed by atoms with Gasteiger partial charge in [-0.05, 0) is 53.4 Å². The standard InChI is InChI=1S/C27H32N2O6/c1-34-16-24(26(31)32)29-25(30)13-17-10-11-18(12-17)14-28-27(33)35-15-23-21-8-4-2-6-19(21)20-7-3-5-9-22(20)23/h2-9,17-18,23-24H,10-16H2,1H3,(H,28,33)(H,29,30)(H,31,32)/t17?,18?,24-/m0/s1. The molecule has 0 saturated heterocycles. The molecule has 3 N–H and O–H groups in total. The maximum absolute atomic E-state index is 12.4. The van der Waals surface area contributed by atoms with Gasteiger partial charge in [0.1, 0.15) is 6.61 Å². The lowest BCUT2D eigenvalue weighted by molar-refractivity contribution is -0.143. The van der Waals surface area contributed by atoms with Crippen molar-refractivity contribution in [3.63, 3.8) is 0 Å². The number of rotatable bonds is 10. The average Bonchev–Trinajstić information content (AvgIpc) is 3.43. The van der Waals surface area contributed by atoms with Gasteiger partial charge < -0.3 is 25.2 Å². The van der Waals surface area contributed by atoms with E-state index in [-0.39, 0.29) is 43.3 Å². The van der Waals surface area contributed by atoms with Gasteiger partial charge in [-0.25, -0.2) is 9.59 Å². The van der Waals surface area contributed by atoms with Gasteiger partial charge in [0.15, 0.2) is 6.04 Å². The van der Waals surface area contributed by atoms with E-state index in [1.807, 2.05) is 24.3 Å². The van der Waals surface area contributed by atoms with Crippen LogP contribution in [0, 0.1) is 11.8 Å². The fraction of sp³-hybridized carbons (Fsp3) is 0.444. The first-order valence-electron chi connectivity index (χ1n) is 12.1. The molecule has 0 spiro atoms. The molecule has 0 bridgehead atoms. The number of carbonyl (C=O) groups is 3. The normalized spacial score (nSPS) is 19.5. The van der Waals surface area contributed by atoms with Crippen LogP contribution in [0.5, 0.6) is 0 Å². The van der Waals surface area contributed by atoms with Crippen LogP contribution < -0.4 is 10.6 Å². The fourth-order valence-corrected chi connectivity index (χ4v) is 5.28. The number of fused-ring (bicyclic) bond motifs is 3. The number of aliphatic carboxylic acids is 1. The van der Waals surface area contributed by atoms with Crippen molar-refractivity contribution in [2.75, 3.05) is 26.9 Å². The Morgan fingerprint density at radius 1 is 1.00 bits per heavy atom. The van der Waals surface area contributed by atoms with Crippen LogP contribution in [0.4, 0.5) is 4.79 Å². The van der Waals surface area contributed by atoms with Crippen LogP contribution in [-0.2, 0) is 19.1 Å². The zero-order chi connectivity index (χ0) is 24.8. The third-order valence-corrected chi connectivity index (χ3v) is 6.97. The molecular formula is C27H32N2O6. The molecule has 2 aliphatic rings. The van der Waals surface area contributed by atoms with Crippen molar-refractivity contribution in [2.45, 2.75) is 37.6 Å². The summed E-state index contributed by atoms with van der Waals surface area (Å²) in [4.78, 5) is 35.8. The number of ether oxygens (including phenoxy) is 2. The number of carboxylic acids is 1. The second-order valence-corrected chi connectivity index (χ2v) is 9.37. The Bertz CT molecular complexity index is 1030. The predicted octanol–water partition coefficient (Wildman–Crippen LogP) is 3.55. The molecule has 2 unspecified atom stereocenters. The van der Waals surface area contributed by atoms with Crippen LogP contribution in [0.15, 0.2) is 48.5 Å². The molecule has 186 valence electrons. The number of hydrogen-bond donors (Lipinski definition) is 3. The van der Waals surface area contributed by atoms with Crippen molar-refractivity contribution >= 4 is 18.0 Å². The smallest absolute Gasteiger partial charge is 0.407 e. The highest BCUT2D eigenvalue weighted by Crippen LogP contribution is 2.44. The van der Waals surface area contributed by atoms with Crippen molar-refractivity contribution in [3.8, 4) is 11.1 Å². The fourth-order valence-electron chi connectivity index (χ4n) is 5.28. The summed E-state index contributed by atoms with van der Waals surface area (Å²) in [5.74, 6) is -0.944. The van der Waals surface area contributed by atoms with E-state index in [2.05, 4.69) is 34.9 Å². The van der Waals surface area contributed by atoms with Crippen molar-refractivity contribution in [3.05, 3.63) is 59.7 Å². The van der Waals surface area contributed by atoms with Crippen LogP contribution in [-0.4, -0.2) is 56.0 Å². The lowest BCUT2D eigenvalue weighted by Crippen LogP contribution is -2.44. The molecule has 35 heavy (non-hydrogen) atoms. The highest BCUT2D eigenvalue weighted by atomic mass is 16.5. The molecule has 0 aliphatic heterocycles. The first kappa shape index (κ1) is 24.7. The Morgan fingerprint density at radius 3 is 2.26 bits per heavy atom. The minimum absolute atomic E-state index is 0.0234. The Hall–Kier alpha value is -3.39. The van der Waals surface area contributed by atoms with Gasteiger partial charge in [-0.3, -0.25) is 4.79 Å². The number of alkyl carbamates (subject to hydrolysis) is 1. The summed E-state index contributed by atoms with van der Waals surface area (Å²) in [6.07, 6.45) is 2.42. The minimum Gasteiger partial charge on any atom is -0.480 e. The quantitative estimate of drug-likeness (QED) is 0.479. The maximum Gasteiger partial charge on any atom is 0.407 e. The van der Waals surface area contributed by atoms with Gasteiger partial charge in [-0.15, -0.1) is 0 Å². The molecule has 8 nitrogen and oxygen atoms in total. The first-order chi connectivity index (χ1) is 17.0. The third-order valence-electron chi connectivity index (χ3n) is 6.97. The SMILES string of the molecule is COC[C@H](NC(=O)CC1CCC(CNC(=O)OCC2c3ccccc3-c3ccccc32)C1)C(=O)O. The van der Waals surface area contributed by atoms with E-state index in [9.17, 15) is 14.4 Å². The average molecular weight is 481 g/mol. The molecule has 4 rings (SSSR count). The Morgan fingerprint density at radius 2 is 1.63 bits per heavy atom. The number of hydrogen-bond acceptors (Lipinski definition) is 5. The molecule has 2 aromatic rings. The van der Waals surface area contributed by atoms with Gasteiger partial charge in [-0.2, -0.15) is 0 Å². The highest BCUT2D eigenvalue weighted by molar-refractivity contribution is 5.83. The van der Waals surface area contributed by atoms with Crippen LogP contribution >= 0.6 is 0 Å². The predicted molar refractivity (Wildman–Crippen MR) is 130 cm³/mol. The van der Waals surface area contributed by atoms with Crippen LogP contribution in [0.3, 0.4) is 0 Å². The highest BCUT2D eigenvalue weighted by Gasteiger charge is 2.30. The van der Waals surface area contributed by atoms with E-state index in [1.54, 1.807) is 0 Å². The number of carboxylic acid groups (broad SMARTS) is 1. The second kappa shape index (κ2) is 11.4. The lowest BCUT2D eigenvalue weighted by Gasteiger charge is -2.17. The zero-order valence-electron chi connectivity index (χ0n) is 19.9. The van der Waals surface area contributed by atoms with Crippen molar-refractivity contribution in [1.82, 2.24) is 10.6 Å². The van der Waals surface area contributed by atoms with Gasteiger partial charge in [0.05, 0.1) is 6.61 Å². The number of benzene rings is 2. The first-order valence-corrected chi connectivity index (χ1v) is 12.1. The summed E-state index contributed by atoms with van der Waals surface area (Å²) < 4.78 is 10.4. The maximum atomic E-state index is 12.4. The van der Waals surface area contributed by atoms with Crippen molar-refractivity contribution in [1.29, 1.82) is 0 Å². The Balaban J connectivity index is 1.20. The van der Waals surface area contributed by atoms with Gasteiger partial charge >= 0.3 is 12.1 Å². The van der Waals surface area contributed by atoms with Crippen molar-refractivity contribution < 1.29 is 29.0 Å². The van der Waals surface area contributed by atoms with Crippen LogP contribution in [0.25, 0.3) is 11.1 Å². The van der Waals surface area contributed by atoms with Crippen LogP contribution in [0.1, 0.15) is 42.7 Å². The van der Waals surface area contributed by atoms with E-state index < -0.39 is 18.1 Å². The molecule has 0 aromatic heterocycles.